The maximum atomic E-state index is 13.9. The largest absolute Gasteiger partial charge is 0.454 e. The second kappa shape index (κ2) is 9.67. The van der Waals surface area contributed by atoms with E-state index in [2.05, 4.69) is 5.32 Å². The van der Waals surface area contributed by atoms with Gasteiger partial charge in [0, 0.05) is 12.2 Å². The van der Waals surface area contributed by atoms with Crippen LogP contribution in [0.1, 0.15) is 29.8 Å². The van der Waals surface area contributed by atoms with E-state index in [0.29, 0.717) is 17.7 Å². The Morgan fingerprint density at radius 2 is 1.88 bits per heavy atom. The number of anilines is 1. The van der Waals surface area contributed by atoms with Crippen LogP contribution >= 0.6 is 0 Å². The Labute approximate surface area is 190 Å². The van der Waals surface area contributed by atoms with Crippen LogP contribution in [0.15, 0.2) is 47.4 Å². The molecule has 0 aliphatic carbocycles. The van der Waals surface area contributed by atoms with Gasteiger partial charge in [-0.1, -0.05) is 26.0 Å². The SMILES string of the molecule is CC(C)[C@H](NC(=O)c1ccccc1F)C(=O)OCC(=O)N1CCc2cc(S(N)(=O)=O)ccc21. The van der Waals surface area contributed by atoms with Gasteiger partial charge >= 0.3 is 5.97 Å². The normalized spacial score (nSPS) is 14.0. The molecule has 1 aliphatic heterocycles. The molecular formula is C22H24FN3O6S. The van der Waals surface area contributed by atoms with Crippen LogP contribution in [0.5, 0.6) is 0 Å². The molecule has 0 unspecified atom stereocenters. The maximum Gasteiger partial charge on any atom is 0.329 e. The number of benzene rings is 2. The highest BCUT2D eigenvalue weighted by atomic mass is 32.2. The fraction of sp³-hybridized carbons (Fsp3) is 0.318. The van der Waals surface area contributed by atoms with Gasteiger partial charge in [-0.15, -0.1) is 0 Å². The Morgan fingerprint density at radius 3 is 2.52 bits per heavy atom. The highest BCUT2D eigenvalue weighted by molar-refractivity contribution is 7.89. The van der Waals surface area contributed by atoms with Crippen LogP contribution < -0.4 is 15.4 Å². The number of primary sulfonamides is 1. The molecular weight excluding hydrogens is 453 g/mol. The molecule has 0 aromatic heterocycles. The van der Waals surface area contributed by atoms with E-state index < -0.39 is 46.3 Å². The van der Waals surface area contributed by atoms with Gasteiger partial charge in [0.25, 0.3) is 11.8 Å². The van der Waals surface area contributed by atoms with E-state index in [9.17, 15) is 27.2 Å². The van der Waals surface area contributed by atoms with Crippen molar-refractivity contribution in [3.63, 3.8) is 0 Å². The molecule has 1 heterocycles. The van der Waals surface area contributed by atoms with Crippen molar-refractivity contribution in [3.05, 3.63) is 59.4 Å². The summed E-state index contributed by atoms with van der Waals surface area (Å²) in [6.07, 6.45) is 0.422. The molecule has 1 aliphatic rings. The molecule has 33 heavy (non-hydrogen) atoms. The molecule has 9 nitrogen and oxygen atoms in total. The molecule has 0 bridgehead atoms. The van der Waals surface area contributed by atoms with Gasteiger partial charge in [0.2, 0.25) is 10.0 Å². The van der Waals surface area contributed by atoms with Crippen LogP contribution in [0, 0.1) is 11.7 Å². The summed E-state index contributed by atoms with van der Waals surface area (Å²) < 4.78 is 42.0. The summed E-state index contributed by atoms with van der Waals surface area (Å²) in [5, 5.41) is 7.60. The minimum atomic E-state index is -3.86. The number of carbonyl (C=O) groups is 3. The van der Waals surface area contributed by atoms with Crippen molar-refractivity contribution < 1.29 is 31.9 Å². The minimum Gasteiger partial charge on any atom is -0.454 e. The summed E-state index contributed by atoms with van der Waals surface area (Å²) in [5.74, 6) is -3.21. The van der Waals surface area contributed by atoms with E-state index >= 15 is 0 Å². The summed E-state index contributed by atoms with van der Waals surface area (Å²) in [5.41, 5.74) is 0.940. The molecule has 176 valence electrons. The molecule has 0 radical (unpaired) electrons. The van der Waals surface area contributed by atoms with Crippen molar-refractivity contribution in [3.8, 4) is 0 Å². The number of nitrogens with two attached hydrogens (primary N) is 1. The Balaban J connectivity index is 1.64. The monoisotopic (exact) mass is 477 g/mol. The van der Waals surface area contributed by atoms with Crippen molar-refractivity contribution >= 4 is 33.5 Å². The topological polar surface area (TPSA) is 136 Å². The third kappa shape index (κ3) is 5.55. The lowest BCUT2D eigenvalue weighted by atomic mass is 10.0. The lowest BCUT2D eigenvalue weighted by molar-refractivity contribution is -0.150. The van der Waals surface area contributed by atoms with Crippen LogP contribution in [0.3, 0.4) is 0 Å². The predicted molar refractivity (Wildman–Crippen MR) is 117 cm³/mol. The van der Waals surface area contributed by atoms with E-state index in [1.54, 1.807) is 13.8 Å². The van der Waals surface area contributed by atoms with Crippen molar-refractivity contribution in [1.82, 2.24) is 5.32 Å². The van der Waals surface area contributed by atoms with Gasteiger partial charge < -0.3 is 15.0 Å². The zero-order valence-corrected chi connectivity index (χ0v) is 18.9. The summed E-state index contributed by atoms with van der Waals surface area (Å²) in [7, 11) is -3.86. The van der Waals surface area contributed by atoms with Gasteiger partial charge in [-0.3, -0.25) is 9.59 Å². The van der Waals surface area contributed by atoms with Gasteiger partial charge in [-0.05, 0) is 48.2 Å². The summed E-state index contributed by atoms with van der Waals surface area (Å²) >= 11 is 0. The quantitative estimate of drug-likeness (QED) is 0.578. The number of sulfonamides is 1. The van der Waals surface area contributed by atoms with Gasteiger partial charge in [-0.25, -0.2) is 22.7 Å². The number of nitrogens with one attached hydrogen (secondary N) is 1. The first-order chi connectivity index (χ1) is 15.5. The van der Waals surface area contributed by atoms with E-state index in [1.807, 2.05) is 0 Å². The predicted octanol–water partition coefficient (Wildman–Crippen LogP) is 1.36. The van der Waals surface area contributed by atoms with Gasteiger partial charge in [0.15, 0.2) is 6.61 Å². The Morgan fingerprint density at radius 1 is 1.18 bits per heavy atom. The molecule has 1 atom stereocenters. The lowest BCUT2D eigenvalue weighted by Crippen LogP contribution is -2.46. The van der Waals surface area contributed by atoms with E-state index in [0.717, 1.165) is 6.07 Å². The Kier molecular flexibility index (Phi) is 7.13. The molecule has 3 N–H and O–H groups in total. The molecule has 3 rings (SSSR count). The fourth-order valence-corrected chi connectivity index (χ4v) is 4.04. The van der Waals surface area contributed by atoms with Crippen LogP contribution in [0.25, 0.3) is 0 Å². The molecule has 11 heteroatoms. The average molecular weight is 478 g/mol. The number of ether oxygens (including phenoxy) is 1. The first-order valence-corrected chi connectivity index (χ1v) is 11.7. The summed E-state index contributed by atoms with van der Waals surface area (Å²) in [6, 6.07) is 8.48. The van der Waals surface area contributed by atoms with Crippen LogP contribution in [-0.2, 0) is 30.8 Å². The number of rotatable bonds is 7. The molecule has 0 saturated heterocycles. The van der Waals surface area contributed by atoms with Crippen LogP contribution in [-0.4, -0.2) is 45.4 Å². The average Bonchev–Trinajstić information content (AvgIpc) is 3.18. The Bertz CT molecular complexity index is 1200. The molecule has 0 spiro atoms. The van der Waals surface area contributed by atoms with E-state index in [-0.39, 0.29) is 22.9 Å². The highest BCUT2D eigenvalue weighted by Gasteiger charge is 2.30. The smallest absolute Gasteiger partial charge is 0.329 e. The van der Waals surface area contributed by atoms with Crippen molar-refractivity contribution in [1.29, 1.82) is 0 Å². The molecule has 2 aromatic carbocycles. The van der Waals surface area contributed by atoms with Gasteiger partial charge in [-0.2, -0.15) is 0 Å². The number of fused-ring (bicyclic) bond motifs is 1. The molecule has 0 fully saturated rings. The first-order valence-electron chi connectivity index (χ1n) is 10.2. The molecule has 2 amide bonds. The lowest BCUT2D eigenvalue weighted by Gasteiger charge is -2.22. The zero-order valence-electron chi connectivity index (χ0n) is 18.1. The standard InChI is InChI=1S/C22H24FN3O6S/c1-13(2)20(25-21(28)16-5-3-4-6-17(16)23)22(29)32-12-19(27)26-10-9-14-11-15(33(24,30)31)7-8-18(14)26/h3-8,11,13,20H,9-10,12H2,1-2H3,(H,25,28)(H2,24,30,31)/t20-/m0/s1. The van der Waals surface area contributed by atoms with Gasteiger partial charge in [0.1, 0.15) is 11.9 Å². The molecule has 0 saturated carbocycles. The second-order valence-electron chi connectivity index (χ2n) is 7.91. The minimum absolute atomic E-state index is 0.0488. The number of esters is 1. The van der Waals surface area contributed by atoms with Crippen LogP contribution in [0.2, 0.25) is 0 Å². The Hall–Kier alpha value is -3.31. The van der Waals surface area contributed by atoms with Crippen molar-refractivity contribution in [2.75, 3.05) is 18.1 Å². The second-order valence-corrected chi connectivity index (χ2v) is 9.48. The number of hydrogen-bond donors (Lipinski definition) is 2. The van der Waals surface area contributed by atoms with E-state index in [1.165, 1.54) is 41.3 Å². The van der Waals surface area contributed by atoms with Crippen molar-refractivity contribution in [2.24, 2.45) is 11.1 Å². The number of carbonyl (C=O) groups excluding carboxylic acids is 3. The zero-order chi connectivity index (χ0) is 24.3. The van der Waals surface area contributed by atoms with Crippen LogP contribution in [0.4, 0.5) is 10.1 Å². The van der Waals surface area contributed by atoms with Crippen molar-refractivity contribution in [2.45, 2.75) is 31.2 Å². The number of hydrogen-bond acceptors (Lipinski definition) is 6. The van der Waals surface area contributed by atoms with E-state index in [4.69, 9.17) is 9.88 Å². The number of nitrogens with zero attached hydrogens (tertiary/aromatic N) is 1. The van der Waals surface area contributed by atoms with Gasteiger partial charge in [0.05, 0.1) is 10.5 Å². The third-order valence-corrected chi connectivity index (χ3v) is 6.15. The number of halogens is 1. The maximum absolute atomic E-state index is 13.9. The third-order valence-electron chi connectivity index (χ3n) is 5.24. The fourth-order valence-electron chi connectivity index (χ4n) is 3.48. The summed E-state index contributed by atoms with van der Waals surface area (Å²) in [6.45, 7) is 3.07. The first kappa shape index (κ1) is 24.3. The molecule has 2 aromatic rings. The highest BCUT2D eigenvalue weighted by Crippen LogP contribution is 2.30. The number of amides is 2. The summed E-state index contributed by atoms with van der Waals surface area (Å²) in [4.78, 5) is 38.9.